The average molecular weight is 843 g/mol. The number of hydrogen-bond acceptors (Lipinski definition) is 10. The Morgan fingerprint density at radius 3 is 2.10 bits per heavy atom. The van der Waals surface area contributed by atoms with Crippen LogP contribution in [0.5, 0.6) is 5.75 Å². The fourth-order valence-corrected chi connectivity index (χ4v) is 12.9. The van der Waals surface area contributed by atoms with Gasteiger partial charge in [0.2, 0.25) is 11.7 Å². The fourth-order valence-electron chi connectivity index (χ4n) is 12.9. The zero-order chi connectivity index (χ0) is 42.5. The van der Waals surface area contributed by atoms with E-state index in [2.05, 4.69) is 18.2 Å². The molecule has 4 saturated carbocycles. The molecule has 11 nitrogen and oxygen atoms in total. The summed E-state index contributed by atoms with van der Waals surface area (Å²) in [7, 11) is 3.68. The molecule has 2 heterocycles. The molecule has 61 heavy (non-hydrogen) atoms. The molecule has 10 rings (SSSR count). The number of guanidine groups is 2. The number of nitrogens with zero attached hydrogens (tertiary/aromatic N) is 4. The molecule has 4 fully saturated rings. The molecule has 0 aromatic heterocycles. The number of nitrogens with two attached hydrogens (primary N) is 2. The summed E-state index contributed by atoms with van der Waals surface area (Å²) in [6, 6.07) is 12.6. The summed E-state index contributed by atoms with van der Waals surface area (Å²) in [5.74, 6) is -1.17. The molecule has 0 saturated heterocycles. The van der Waals surface area contributed by atoms with E-state index in [1.54, 1.807) is 9.96 Å². The first-order valence-corrected chi connectivity index (χ1v) is 23.1. The third-order valence-electron chi connectivity index (χ3n) is 16.6. The second kappa shape index (κ2) is 14.9. The lowest BCUT2D eigenvalue weighted by atomic mass is 9.61. The second-order valence-corrected chi connectivity index (χ2v) is 20.4. The number of benzene rings is 2. The van der Waals surface area contributed by atoms with Gasteiger partial charge in [-0.05, 0) is 156 Å². The van der Waals surface area contributed by atoms with Crippen LogP contribution in [0.4, 0.5) is 8.78 Å². The van der Waals surface area contributed by atoms with Crippen molar-refractivity contribution in [3.05, 3.63) is 64.2 Å². The number of amides is 1. The van der Waals surface area contributed by atoms with Crippen molar-refractivity contribution in [1.29, 1.82) is 0 Å². The zero-order valence-corrected chi connectivity index (χ0v) is 36.4. The van der Waals surface area contributed by atoms with E-state index in [1.165, 1.54) is 29.5 Å². The van der Waals surface area contributed by atoms with Crippen molar-refractivity contribution >= 4 is 17.8 Å². The number of halogens is 2. The van der Waals surface area contributed by atoms with Crippen LogP contribution >= 0.6 is 0 Å². The van der Waals surface area contributed by atoms with Gasteiger partial charge in [0, 0.05) is 49.6 Å². The molecule has 2 aromatic carbocycles. The number of rotatable bonds is 10. The minimum absolute atomic E-state index is 0.0470. The van der Waals surface area contributed by atoms with Gasteiger partial charge in [0.05, 0.1) is 24.7 Å². The summed E-state index contributed by atoms with van der Waals surface area (Å²) in [5, 5.41) is 1.66. The van der Waals surface area contributed by atoms with E-state index in [1.807, 2.05) is 46.2 Å². The van der Waals surface area contributed by atoms with E-state index >= 15 is 0 Å². The van der Waals surface area contributed by atoms with Crippen LogP contribution in [0.2, 0.25) is 0 Å². The molecule has 8 aliphatic rings. The Balaban J connectivity index is 0.761. The van der Waals surface area contributed by atoms with E-state index in [9.17, 15) is 13.6 Å². The van der Waals surface area contributed by atoms with Crippen LogP contribution in [0.15, 0.2) is 46.4 Å². The minimum Gasteiger partial charge on any atom is -0.493 e. The number of carbonyl (C=O) groups is 1. The minimum atomic E-state index is -2.66. The molecule has 0 bridgehead atoms. The number of hydroxylamine groups is 2. The SMILES string of the molecule is COC1CCC2(CC1)Cc1ccc(CC3CCC(COC4CCC5(CC4)Cc4ccc(OCC6CC6(F)F)cc4C54N=C(N)N(C(C)C)C4=O)CC3)cc1C21N=C(N)N(C)O1. The van der Waals surface area contributed by atoms with Gasteiger partial charge in [0.15, 0.2) is 11.5 Å². The molecule has 3 unspecified atom stereocenters. The average Bonchev–Trinajstić information content (AvgIpc) is 3.43. The molecule has 0 radical (unpaired) electrons. The number of hydrogen-bond donors (Lipinski definition) is 2. The monoisotopic (exact) mass is 842 g/mol. The normalized spacial score (nSPS) is 37.3. The molecule has 13 heteroatoms. The van der Waals surface area contributed by atoms with Crippen molar-refractivity contribution in [2.45, 2.75) is 152 Å². The van der Waals surface area contributed by atoms with Gasteiger partial charge in [0.1, 0.15) is 5.75 Å². The molecule has 2 aromatic rings. The summed E-state index contributed by atoms with van der Waals surface area (Å²) in [5.41, 5.74) is 16.2. The van der Waals surface area contributed by atoms with Crippen LogP contribution < -0.4 is 16.2 Å². The third kappa shape index (κ3) is 6.59. The molecule has 1 amide bonds. The highest BCUT2D eigenvalue weighted by Crippen LogP contribution is 2.64. The molecular formula is C48H64F2N6O5. The van der Waals surface area contributed by atoms with E-state index in [0.717, 1.165) is 94.8 Å². The third-order valence-corrected chi connectivity index (χ3v) is 16.6. The van der Waals surface area contributed by atoms with Crippen LogP contribution in [-0.4, -0.2) is 79.3 Å². The first-order valence-electron chi connectivity index (χ1n) is 23.1. The summed E-state index contributed by atoms with van der Waals surface area (Å²) in [4.78, 5) is 33.1. The Morgan fingerprint density at radius 2 is 1.46 bits per heavy atom. The Bertz CT molecular complexity index is 2100. The Morgan fingerprint density at radius 1 is 0.820 bits per heavy atom. The second-order valence-electron chi connectivity index (χ2n) is 20.4. The molecule has 6 aliphatic carbocycles. The van der Waals surface area contributed by atoms with Gasteiger partial charge in [0.25, 0.3) is 11.8 Å². The van der Waals surface area contributed by atoms with Gasteiger partial charge in [-0.1, -0.05) is 24.3 Å². The fraction of sp³-hybridized carbons (Fsp3) is 0.688. The number of aliphatic imine (C=N–C) groups is 2. The highest BCUT2D eigenvalue weighted by atomic mass is 19.3. The predicted molar refractivity (Wildman–Crippen MR) is 228 cm³/mol. The van der Waals surface area contributed by atoms with Crippen molar-refractivity contribution in [3.8, 4) is 5.75 Å². The maximum Gasteiger partial charge on any atom is 0.262 e. The van der Waals surface area contributed by atoms with Gasteiger partial charge >= 0.3 is 0 Å². The van der Waals surface area contributed by atoms with Crippen LogP contribution in [0.25, 0.3) is 0 Å². The quantitative estimate of drug-likeness (QED) is 0.251. The number of fused-ring (bicyclic) bond motifs is 6. The van der Waals surface area contributed by atoms with Crippen molar-refractivity contribution in [2.75, 3.05) is 27.4 Å². The highest BCUT2D eigenvalue weighted by Gasteiger charge is 2.67. The van der Waals surface area contributed by atoms with Crippen LogP contribution in [0.3, 0.4) is 0 Å². The number of ether oxygens (including phenoxy) is 3. The maximum absolute atomic E-state index is 14.6. The van der Waals surface area contributed by atoms with Gasteiger partial charge in [-0.2, -0.15) is 0 Å². The summed E-state index contributed by atoms with van der Waals surface area (Å²) < 4.78 is 45.7. The first-order chi connectivity index (χ1) is 29.2. The molecule has 4 spiro atoms. The molecule has 3 atom stereocenters. The summed E-state index contributed by atoms with van der Waals surface area (Å²) in [6.45, 7) is 4.63. The Hall–Kier alpha value is -3.81. The summed E-state index contributed by atoms with van der Waals surface area (Å²) in [6.07, 6.45) is 14.9. The van der Waals surface area contributed by atoms with Crippen molar-refractivity contribution in [2.24, 2.45) is 50.0 Å². The van der Waals surface area contributed by atoms with Gasteiger partial charge < -0.3 is 25.7 Å². The van der Waals surface area contributed by atoms with Crippen molar-refractivity contribution in [1.82, 2.24) is 9.96 Å². The van der Waals surface area contributed by atoms with E-state index < -0.39 is 28.5 Å². The Kier molecular flexibility index (Phi) is 10.1. The van der Waals surface area contributed by atoms with Gasteiger partial charge in [-0.3, -0.25) is 9.69 Å². The van der Waals surface area contributed by atoms with E-state index in [0.29, 0.717) is 30.0 Å². The van der Waals surface area contributed by atoms with Crippen LogP contribution in [-0.2, 0) is 49.6 Å². The van der Waals surface area contributed by atoms with Crippen LogP contribution in [0.1, 0.15) is 125 Å². The zero-order valence-electron chi connectivity index (χ0n) is 36.4. The summed E-state index contributed by atoms with van der Waals surface area (Å²) >= 11 is 0. The number of carbonyl (C=O) groups excluding carboxylic acids is 1. The number of alkyl halides is 2. The van der Waals surface area contributed by atoms with E-state index in [-0.39, 0.29) is 48.6 Å². The lowest BCUT2D eigenvalue weighted by molar-refractivity contribution is -0.232. The molecule has 2 aliphatic heterocycles. The molecular weight excluding hydrogens is 779 g/mol. The highest BCUT2D eigenvalue weighted by molar-refractivity contribution is 6.08. The van der Waals surface area contributed by atoms with Gasteiger partial charge in [-0.15, -0.1) is 0 Å². The molecule has 4 N–H and O–H groups in total. The standard InChI is InChI=1S/C48H64F2N6O5/c1-29(2)56-41(57)47(53-43(56)52)39-23-38(60-28-35-26-46(35,49)50)12-11-33(39)24-44(47)17-15-37(16-18-44)59-27-31-7-5-30(6-8-31)21-32-9-10-34-25-45(19-13-36(58-4)14-20-45)48(40(34)22-32)54-42(51)55(3)61-48/h9-12,22-23,29-31,35-37H,5-8,13-21,24-28H2,1-4H3,(H2,51,54)(H2,52,53). The first kappa shape index (κ1) is 41.2. The van der Waals surface area contributed by atoms with Crippen molar-refractivity contribution in [3.63, 3.8) is 0 Å². The number of methoxy groups -OCH3 is 1. The van der Waals surface area contributed by atoms with Gasteiger partial charge in [-0.25, -0.2) is 28.7 Å². The maximum atomic E-state index is 14.6. The Labute approximate surface area is 358 Å². The largest absolute Gasteiger partial charge is 0.493 e. The lowest BCUT2D eigenvalue weighted by Crippen LogP contribution is -2.53. The predicted octanol–water partition coefficient (Wildman–Crippen LogP) is 7.51. The molecule has 330 valence electrons. The van der Waals surface area contributed by atoms with Crippen LogP contribution in [0, 0.1) is 28.6 Å². The smallest absolute Gasteiger partial charge is 0.262 e. The van der Waals surface area contributed by atoms with E-state index in [4.69, 9.17) is 40.5 Å². The van der Waals surface area contributed by atoms with Crippen molar-refractivity contribution < 1.29 is 32.6 Å². The lowest BCUT2D eigenvalue weighted by Gasteiger charge is -2.45. The topological polar surface area (TPSA) is 137 Å².